The number of nitrogens with zero attached hydrogens (tertiary/aromatic N) is 1. The van der Waals surface area contributed by atoms with E-state index in [4.69, 9.17) is 18.5 Å². The molecule has 118 valence electrons. The maximum absolute atomic E-state index is 11.6. The lowest BCUT2D eigenvalue weighted by molar-refractivity contribution is -0.870. The summed E-state index contributed by atoms with van der Waals surface area (Å²) >= 11 is 0. The Bertz CT molecular complexity index is 341. The third kappa shape index (κ3) is 11.0. The predicted octanol–water partition coefficient (Wildman–Crippen LogP) is 1.51. The Kier molecular flexibility index (Phi) is 8.76. The second kappa shape index (κ2) is 9.15. The molecule has 0 bridgehead atoms. The van der Waals surface area contributed by atoms with Crippen LogP contribution in [0.4, 0.5) is 0 Å². The van der Waals surface area contributed by atoms with E-state index in [0.29, 0.717) is 11.0 Å². The van der Waals surface area contributed by atoms with Gasteiger partial charge in [-0.05, 0) is 0 Å². The van der Waals surface area contributed by atoms with Crippen LogP contribution in [0.3, 0.4) is 0 Å². The van der Waals surface area contributed by atoms with Crippen LogP contribution in [0.15, 0.2) is 25.7 Å². The molecular formula is C12H25NO6P+. The maximum Gasteiger partial charge on any atom is 0.472 e. The Labute approximate surface area is 120 Å². The first-order chi connectivity index (χ1) is 9.20. The molecule has 0 amide bonds. The SMILES string of the molecule is C=COCC(COP(=O)(O)OCC[N+](C)(C)C)OC=C. The summed E-state index contributed by atoms with van der Waals surface area (Å²) in [4.78, 5) is 9.52. The molecule has 2 unspecified atom stereocenters. The van der Waals surface area contributed by atoms with E-state index in [1.165, 1.54) is 12.5 Å². The molecule has 0 saturated heterocycles. The van der Waals surface area contributed by atoms with Gasteiger partial charge in [0.1, 0.15) is 19.8 Å². The molecule has 0 aromatic carbocycles. The van der Waals surface area contributed by atoms with Crippen molar-refractivity contribution in [1.82, 2.24) is 0 Å². The van der Waals surface area contributed by atoms with Gasteiger partial charge in [0, 0.05) is 0 Å². The summed E-state index contributed by atoms with van der Waals surface area (Å²) in [5.41, 5.74) is 0. The van der Waals surface area contributed by atoms with E-state index in [9.17, 15) is 9.46 Å². The van der Waals surface area contributed by atoms with Crippen LogP contribution in [0, 0.1) is 0 Å². The van der Waals surface area contributed by atoms with Gasteiger partial charge in [0.15, 0.2) is 6.10 Å². The first-order valence-electron chi connectivity index (χ1n) is 6.11. The van der Waals surface area contributed by atoms with E-state index in [-0.39, 0.29) is 19.8 Å². The topological polar surface area (TPSA) is 74.2 Å². The largest absolute Gasteiger partial charge is 0.498 e. The summed E-state index contributed by atoms with van der Waals surface area (Å²) in [6.45, 7) is 7.48. The van der Waals surface area contributed by atoms with Crippen molar-refractivity contribution in [2.45, 2.75) is 6.10 Å². The minimum atomic E-state index is -4.09. The maximum atomic E-state index is 11.6. The van der Waals surface area contributed by atoms with E-state index in [2.05, 4.69) is 13.2 Å². The van der Waals surface area contributed by atoms with Gasteiger partial charge in [-0.1, -0.05) is 13.2 Å². The number of phosphoric ester groups is 1. The average molecular weight is 310 g/mol. The van der Waals surface area contributed by atoms with Gasteiger partial charge in [-0.3, -0.25) is 9.05 Å². The van der Waals surface area contributed by atoms with Crippen LogP contribution in [0.5, 0.6) is 0 Å². The van der Waals surface area contributed by atoms with Crippen molar-refractivity contribution >= 4 is 7.82 Å². The second-order valence-corrected chi connectivity index (χ2v) is 6.49. The molecule has 0 heterocycles. The first kappa shape index (κ1) is 19.1. The van der Waals surface area contributed by atoms with Crippen molar-refractivity contribution in [3.63, 3.8) is 0 Å². The molecule has 7 nitrogen and oxygen atoms in total. The summed E-state index contributed by atoms with van der Waals surface area (Å²) in [6.07, 6.45) is 1.89. The lowest BCUT2D eigenvalue weighted by atomic mass is 10.4. The van der Waals surface area contributed by atoms with Gasteiger partial charge in [0.2, 0.25) is 0 Å². The van der Waals surface area contributed by atoms with E-state index in [1.807, 2.05) is 21.1 Å². The summed E-state index contributed by atoms with van der Waals surface area (Å²) in [7, 11) is 1.76. The van der Waals surface area contributed by atoms with E-state index < -0.39 is 13.9 Å². The molecule has 0 fully saturated rings. The van der Waals surface area contributed by atoms with Crippen LogP contribution < -0.4 is 0 Å². The fraction of sp³-hybridized carbons (Fsp3) is 0.667. The molecule has 0 saturated carbocycles. The van der Waals surface area contributed by atoms with Gasteiger partial charge in [-0.15, -0.1) is 0 Å². The van der Waals surface area contributed by atoms with E-state index in [1.54, 1.807) is 0 Å². The number of hydrogen-bond acceptors (Lipinski definition) is 5. The fourth-order valence-corrected chi connectivity index (χ4v) is 1.82. The Balaban J connectivity index is 4.12. The minimum Gasteiger partial charge on any atom is -0.498 e. The van der Waals surface area contributed by atoms with Crippen molar-refractivity contribution in [2.75, 3.05) is 47.5 Å². The molecule has 0 radical (unpaired) electrons. The van der Waals surface area contributed by atoms with Crippen molar-refractivity contribution in [3.05, 3.63) is 25.7 Å². The summed E-state index contributed by atoms with van der Waals surface area (Å²) in [5, 5.41) is 0. The number of rotatable bonds is 12. The Morgan fingerprint density at radius 1 is 1.20 bits per heavy atom. The van der Waals surface area contributed by atoms with Gasteiger partial charge in [0.05, 0.1) is 40.3 Å². The molecule has 0 aliphatic heterocycles. The van der Waals surface area contributed by atoms with E-state index in [0.717, 1.165) is 0 Å². The minimum absolute atomic E-state index is 0.118. The quantitative estimate of drug-likeness (QED) is 0.335. The van der Waals surface area contributed by atoms with Gasteiger partial charge in [-0.2, -0.15) is 0 Å². The molecule has 0 aliphatic carbocycles. The van der Waals surface area contributed by atoms with Crippen LogP contribution in [-0.2, 0) is 23.1 Å². The van der Waals surface area contributed by atoms with E-state index >= 15 is 0 Å². The Morgan fingerprint density at radius 3 is 2.35 bits per heavy atom. The van der Waals surface area contributed by atoms with Crippen LogP contribution in [-0.4, -0.2) is 63.0 Å². The number of hydrogen-bond donors (Lipinski definition) is 1. The number of ether oxygens (including phenoxy) is 2. The highest BCUT2D eigenvalue weighted by Crippen LogP contribution is 2.43. The normalized spacial score (nSPS) is 16.0. The first-order valence-corrected chi connectivity index (χ1v) is 7.61. The van der Waals surface area contributed by atoms with Gasteiger partial charge < -0.3 is 18.9 Å². The lowest BCUT2D eigenvalue weighted by Gasteiger charge is -2.24. The van der Waals surface area contributed by atoms with Gasteiger partial charge in [0.25, 0.3) is 0 Å². The van der Waals surface area contributed by atoms with Crippen LogP contribution in [0.25, 0.3) is 0 Å². The van der Waals surface area contributed by atoms with Gasteiger partial charge in [-0.25, -0.2) is 4.57 Å². The highest BCUT2D eigenvalue weighted by atomic mass is 31.2. The number of phosphoric acid groups is 1. The molecule has 1 N–H and O–H groups in total. The zero-order chi connectivity index (χ0) is 15.6. The van der Waals surface area contributed by atoms with Crippen molar-refractivity contribution in [3.8, 4) is 0 Å². The molecule has 0 rings (SSSR count). The molecule has 0 spiro atoms. The van der Waals surface area contributed by atoms with Crippen molar-refractivity contribution < 1.29 is 32.5 Å². The lowest BCUT2D eigenvalue weighted by Crippen LogP contribution is -2.37. The summed E-state index contributed by atoms with van der Waals surface area (Å²) < 4.78 is 32.0. The number of likely N-dealkylation sites (N-methyl/N-ethyl adjacent to an activating group) is 1. The molecule has 2 atom stereocenters. The smallest absolute Gasteiger partial charge is 0.472 e. The zero-order valence-electron chi connectivity index (χ0n) is 12.4. The number of quaternary nitrogens is 1. The second-order valence-electron chi connectivity index (χ2n) is 5.04. The molecule has 20 heavy (non-hydrogen) atoms. The third-order valence-electron chi connectivity index (χ3n) is 2.13. The molecule has 8 heteroatoms. The van der Waals surface area contributed by atoms with Crippen LogP contribution >= 0.6 is 7.82 Å². The molecule has 0 aliphatic rings. The van der Waals surface area contributed by atoms with Crippen LogP contribution in [0.2, 0.25) is 0 Å². The average Bonchev–Trinajstić information content (AvgIpc) is 2.31. The van der Waals surface area contributed by atoms with Crippen molar-refractivity contribution in [1.29, 1.82) is 0 Å². The predicted molar refractivity (Wildman–Crippen MR) is 75.8 cm³/mol. The van der Waals surface area contributed by atoms with Gasteiger partial charge >= 0.3 is 7.82 Å². The van der Waals surface area contributed by atoms with Crippen LogP contribution in [0.1, 0.15) is 0 Å². The zero-order valence-corrected chi connectivity index (χ0v) is 13.3. The fourth-order valence-electron chi connectivity index (χ4n) is 1.08. The Hall–Kier alpha value is -0.850. The highest BCUT2D eigenvalue weighted by molar-refractivity contribution is 7.47. The third-order valence-corrected chi connectivity index (χ3v) is 3.11. The molecule has 0 aromatic heterocycles. The molecular weight excluding hydrogens is 285 g/mol. The standard InChI is InChI=1S/C12H24NO6P/c1-6-16-10-12(17-7-2)11-19-20(14,15)18-9-8-13(3,4)5/h6-7,12H,1-2,8-11H2,3-5H3/p+1. The highest BCUT2D eigenvalue weighted by Gasteiger charge is 2.25. The summed E-state index contributed by atoms with van der Waals surface area (Å²) in [5.74, 6) is 0. The van der Waals surface area contributed by atoms with Crippen molar-refractivity contribution in [2.24, 2.45) is 0 Å². The summed E-state index contributed by atoms with van der Waals surface area (Å²) in [6, 6.07) is 0. The molecule has 0 aromatic rings. The Morgan fingerprint density at radius 2 is 1.85 bits per heavy atom. The monoisotopic (exact) mass is 310 g/mol.